The lowest BCUT2D eigenvalue weighted by atomic mass is 10.0. The largest absolute Gasteiger partial charge is 0.497 e. The number of methoxy groups -OCH3 is 1. The van der Waals surface area contributed by atoms with Gasteiger partial charge in [-0.25, -0.2) is 0 Å². The molecule has 52 heavy (non-hydrogen) atoms. The third kappa shape index (κ3) is 31.3. The predicted octanol–water partition coefficient (Wildman–Crippen LogP) is 13.2. The lowest BCUT2D eigenvalue weighted by Gasteiger charge is -2.20. The Bertz CT molecular complexity index is 921. The number of hydrogen-bond donors (Lipinski definition) is 2. The molecular weight excluding hydrogens is 645 g/mol. The molecule has 0 radical (unpaired) electrons. The minimum absolute atomic E-state index is 0.0367. The van der Waals surface area contributed by atoms with Crippen LogP contribution in [-0.4, -0.2) is 38.1 Å². The molecule has 1 aromatic rings. The summed E-state index contributed by atoms with van der Waals surface area (Å²) < 4.78 is 11.3. The summed E-state index contributed by atoms with van der Waals surface area (Å²) in [6, 6.07) is 7.16. The summed E-state index contributed by atoms with van der Waals surface area (Å²) in [6.45, 7) is 5.23. The molecule has 6 nitrogen and oxygen atoms in total. The van der Waals surface area contributed by atoms with E-state index in [1.807, 2.05) is 24.3 Å². The molecule has 0 aliphatic carbocycles. The Labute approximate surface area is 322 Å². The molecule has 6 heteroatoms. The zero-order valence-electron chi connectivity index (χ0n) is 34.6. The molecule has 1 rings (SSSR count). The van der Waals surface area contributed by atoms with E-state index in [1.54, 1.807) is 7.11 Å². The molecule has 0 aliphatic heterocycles. The van der Waals surface area contributed by atoms with Crippen molar-refractivity contribution >= 4 is 11.8 Å². The first-order valence-electron chi connectivity index (χ1n) is 22.4. The second-order valence-corrected chi connectivity index (χ2v) is 15.5. The maximum atomic E-state index is 12.9. The van der Waals surface area contributed by atoms with Crippen molar-refractivity contribution in [1.82, 2.24) is 10.6 Å². The Balaban J connectivity index is 2.19. The van der Waals surface area contributed by atoms with Crippen LogP contribution in [0.25, 0.3) is 0 Å². The predicted molar refractivity (Wildman–Crippen MR) is 223 cm³/mol. The molecule has 0 fully saturated rings. The van der Waals surface area contributed by atoms with Crippen molar-refractivity contribution in [3.8, 4) is 11.5 Å². The second-order valence-electron chi connectivity index (χ2n) is 15.5. The number of ether oxygens (including phenoxy) is 2. The minimum Gasteiger partial charge on any atom is -0.497 e. The van der Waals surface area contributed by atoms with Crippen LogP contribution in [0.4, 0.5) is 0 Å². The standard InChI is InChI=1S/C46H84N2O4/c1-4-6-8-10-12-14-16-18-20-22-24-26-28-30-32-34-45(49)47-40-42(41-52-44-38-36-43(51-3)37-39-44)48-46(50)35-33-31-29-27-25-23-21-19-17-15-13-11-9-7-5-2/h36-39,42H,4-35,40-41H2,1-3H3,(H,47,49)(H,48,50)/t42-/m1/s1. The molecule has 0 unspecified atom stereocenters. The van der Waals surface area contributed by atoms with Gasteiger partial charge in [-0.1, -0.05) is 194 Å². The van der Waals surface area contributed by atoms with Gasteiger partial charge in [-0.2, -0.15) is 0 Å². The highest BCUT2D eigenvalue weighted by Crippen LogP contribution is 2.18. The quantitative estimate of drug-likeness (QED) is 0.0662. The molecule has 2 amide bonds. The van der Waals surface area contributed by atoms with Gasteiger partial charge in [-0.15, -0.1) is 0 Å². The fourth-order valence-electron chi connectivity index (χ4n) is 6.96. The fraction of sp³-hybridized carbons (Fsp3) is 0.826. The van der Waals surface area contributed by atoms with Crippen LogP contribution < -0.4 is 20.1 Å². The van der Waals surface area contributed by atoms with Crippen LogP contribution in [-0.2, 0) is 9.59 Å². The molecule has 0 spiro atoms. The highest BCUT2D eigenvalue weighted by atomic mass is 16.5. The lowest BCUT2D eigenvalue weighted by Crippen LogP contribution is -2.47. The molecular formula is C46H84N2O4. The normalized spacial score (nSPS) is 11.8. The molecule has 0 saturated carbocycles. The highest BCUT2D eigenvalue weighted by Gasteiger charge is 2.15. The Morgan fingerprint density at radius 3 is 1.17 bits per heavy atom. The topological polar surface area (TPSA) is 76.7 Å². The Morgan fingerprint density at radius 2 is 0.808 bits per heavy atom. The average molecular weight is 729 g/mol. The van der Waals surface area contributed by atoms with Crippen LogP contribution in [0.5, 0.6) is 11.5 Å². The summed E-state index contributed by atoms with van der Waals surface area (Å²) in [4.78, 5) is 25.5. The summed E-state index contributed by atoms with van der Waals surface area (Å²) in [5.74, 6) is 1.58. The van der Waals surface area contributed by atoms with Crippen LogP contribution in [0, 0.1) is 0 Å². The summed E-state index contributed by atoms with van der Waals surface area (Å²) in [7, 11) is 1.64. The number of hydrogen-bond acceptors (Lipinski definition) is 4. The SMILES string of the molecule is CCCCCCCCCCCCCCCCCC(=O)NC[C@H](COc1ccc(OC)cc1)NC(=O)CCCCCCCCCCCCCCCCC. The maximum absolute atomic E-state index is 12.9. The van der Waals surface area contributed by atoms with Crippen LogP contribution in [0.15, 0.2) is 24.3 Å². The number of amides is 2. The molecule has 0 bridgehead atoms. The molecule has 1 aromatic carbocycles. The lowest BCUT2D eigenvalue weighted by molar-refractivity contribution is -0.124. The first-order chi connectivity index (χ1) is 25.6. The summed E-state index contributed by atoms with van der Waals surface area (Å²) in [6.07, 6.45) is 40.4. The van der Waals surface area contributed by atoms with Gasteiger partial charge in [0.2, 0.25) is 11.8 Å². The summed E-state index contributed by atoms with van der Waals surface area (Å²) in [5, 5.41) is 6.19. The third-order valence-corrected chi connectivity index (χ3v) is 10.4. The first kappa shape index (κ1) is 47.8. The minimum atomic E-state index is -0.282. The van der Waals surface area contributed by atoms with Crippen molar-refractivity contribution in [1.29, 1.82) is 0 Å². The van der Waals surface area contributed by atoms with Crippen LogP contribution in [0.1, 0.15) is 219 Å². The van der Waals surface area contributed by atoms with Crippen molar-refractivity contribution in [2.75, 3.05) is 20.3 Å². The number of carbonyl (C=O) groups is 2. The molecule has 0 heterocycles. The van der Waals surface area contributed by atoms with Gasteiger partial charge in [0.05, 0.1) is 13.2 Å². The van der Waals surface area contributed by atoms with Gasteiger partial charge in [-0.05, 0) is 37.1 Å². The van der Waals surface area contributed by atoms with Crippen LogP contribution in [0.2, 0.25) is 0 Å². The van der Waals surface area contributed by atoms with Crippen molar-refractivity contribution in [2.24, 2.45) is 0 Å². The summed E-state index contributed by atoms with van der Waals surface area (Å²) >= 11 is 0. The molecule has 0 saturated heterocycles. The van der Waals surface area contributed by atoms with Crippen LogP contribution in [0.3, 0.4) is 0 Å². The maximum Gasteiger partial charge on any atom is 0.220 e. The van der Waals surface area contributed by atoms with Gasteiger partial charge in [0, 0.05) is 19.4 Å². The number of benzene rings is 1. The zero-order valence-corrected chi connectivity index (χ0v) is 34.6. The smallest absolute Gasteiger partial charge is 0.220 e. The van der Waals surface area contributed by atoms with Gasteiger partial charge in [-0.3, -0.25) is 9.59 Å². The van der Waals surface area contributed by atoms with Crippen molar-refractivity contribution in [3.63, 3.8) is 0 Å². The number of rotatable bonds is 39. The molecule has 2 N–H and O–H groups in total. The molecule has 302 valence electrons. The second kappa shape index (κ2) is 37.1. The third-order valence-electron chi connectivity index (χ3n) is 10.4. The van der Waals surface area contributed by atoms with Gasteiger partial charge >= 0.3 is 0 Å². The van der Waals surface area contributed by atoms with E-state index in [2.05, 4.69) is 24.5 Å². The Hall–Kier alpha value is -2.24. The fourth-order valence-corrected chi connectivity index (χ4v) is 6.96. The van der Waals surface area contributed by atoms with Gasteiger partial charge < -0.3 is 20.1 Å². The van der Waals surface area contributed by atoms with Crippen LogP contribution >= 0.6 is 0 Å². The van der Waals surface area contributed by atoms with E-state index in [0.717, 1.165) is 31.4 Å². The molecule has 1 atom stereocenters. The van der Waals surface area contributed by atoms with Gasteiger partial charge in [0.1, 0.15) is 18.1 Å². The van der Waals surface area contributed by atoms with Crippen molar-refractivity contribution < 1.29 is 19.1 Å². The van der Waals surface area contributed by atoms with E-state index in [9.17, 15) is 9.59 Å². The van der Waals surface area contributed by atoms with Crippen molar-refractivity contribution in [3.05, 3.63) is 24.3 Å². The van der Waals surface area contributed by atoms with E-state index >= 15 is 0 Å². The number of nitrogens with one attached hydrogen (secondary N) is 2. The van der Waals surface area contributed by atoms with E-state index in [4.69, 9.17) is 9.47 Å². The molecule has 0 aromatic heterocycles. The zero-order chi connectivity index (χ0) is 37.6. The monoisotopic (exact) mass is 729 g/mol. The van der Waals surface area contributed by atoms with E-state index in [1.165, 1.54) is 167 Å². The number of carbonyl (C=O) groups excluding carboxylic acids is 2. The first-order valence-corrected chi connectivity index (χ1v) is 22.4. The highest BCUT2D eigenvalue weighted by molar-refractivity contribution is 5.77. The van der Waals surface area contributed by atoms with Gasteiger partial charge in [0.15, 0.2) is 0 Å². The Morgan fingerprint density at radius 1 is 0.481 bits per heavy atom. The molecule has 0 aliphatic rings. The van der Waals surface area contributed by atoms with Gasteiger partial charge in [0.25, 0.3) is 0 Å². The average Bonchev–Trinajstić information content (AvgIpc) is 3.16. The van der Waals surface area contributed by atoms with E-state index < -0.39 is 0 Å². The summed E-state index contributed by atoms with van der Waals surface area (Å²) in [5.41, 5.74) is 0. The van der Waals surface area contributed by atoms with E-state index in [0.29, 0.717) is 31.7 Å². The Kier molecular flexibility index (Phi) is 34.1. The van der Waals surface area contributed by atoms with E-state index in [-0.39, 0.29) is 17.9 Å². The van der Waals surface area contributed by atoms with Crippen molar-refractivity contribution in [2.45, 2.75) is 225 Å². The number of unbranched alkanes of at least 4 members (excludes halogenated alkanes) is 28.